The minimum atomic E-state index is -0.182. The molecule has 1 rings (SSSR count). The van der Waals surface area contributed by atoms with Crippen LogP contribution in [-0.4, -0.2) is 19.7 Å². The van der Waals surface area contributed by atoms with Gasteiger partial charge in [-0.2, -0.15) is 0 Å². The SMILES string of the molecule is CCCNC(CC)C(C)c1c(F)cccc1OC. The number of ether oxygens (including phenoxy) is 1. The average Bonchev–Trinajstić information content (AvgIpc) is 2.38. The first-order valence-corrected chi connectivity index (χ1v) is 6.71. The van der Waals surface area contributed by atoms with E-state index in [4.69, 9.17) is 4.74 Å². The minimum absolute atomic E-state index is 0.0951. The van der Waals surface area contributed by atoms with E-state index in [0.717, 1.165) is 19.4 Å². The fourth-order valence-electron chi connectivity index (χ4n) is 2.34. The van der Waals surface area contributed by atoms with Gasteiger partial charge in [-0.15, -0.1) is 0 Å². The lowest BCUT2D eigenvalue weighted by Gasteiger charge is -2.26. The summed E-state index contributed by atoms with van der Waals surface area (Å²) in [6, 6.07) is 5.28. The quantitative estimate of drug-likeness (QED) is 0.799. The summed E-state index contributed by atoms with van der Waals surface area (Å²) in [6.07, 6.45) is 2.05. The zero-order valence-electron chi connectivity index (χ0n) is 11.8. The zero-order valence-corrected chi connectivity index (χ0v) is 11.8. The van der Waals surface area contributed by atoms with E-state index in [0.29, 0.717) is 11.3 Å². The van der Waals surface area contributed by atoms with Crippen molar-refractivity contribution in [2.75, 3.05) is 13.7 Å². The molecule has 2 unspecified atom stereocenters. The van der Waals surface area contributed by atoms with Crippen LogP contribution in [0.2, 0.25) is 0 Å². The van der Waals surface area contributed by atoms with Crippen molar-refractivity contribution in [2.45, 2.75) is 45.6 Å². The Balaban J connectivity index is 2.96. The molecule has 1 N–H and O–H groups in total. The number of nitrogens with one attached hydrogen (secondary N) is 1. The van der Waals surface area contributed by atoms with Gasteiger partial charge in [0, 0.05) is 17.5 Å². The fraction of sp³-hybridized carbons (Fsp3) is 0.600. The molecule has 0 amide bonds. The Morgan fingerprint density at radius 1 is 1.33 bits per heavy atom. The van der Waals surface area contributed by atoms with Crippen LogP contribution in [0, 0.1) is 5.82 Å². The second-order valence-electron chi connectivity index (χ2n) is 4.61. The van der Waals surface area contributed by atoms with Gasteiger partial charge in [0.05, 0.1) is 7.11 Å². The fourth-order valence-corrected chi connectivity index (χ4v) is 2.34. The molecule has 18 heavy (non-hydrogen) atoms. The van der Waals surface area contributed by atoms with Crippen molar-refractivity contribution < 1.29 is 9.13 Å². The summed E-state index contributed by atoms with van der Waals surface area (Å²) in [5.74, 6) is 0.551. The van der Waals surface area contributed by atoms with Gasteiger partial charge >= 0.3 is 0 Å². The third kappa shape index (κ3) is 3.45. The third-order valence-corrected chi connectivity index (χ3v) is 3.39. The molecule has 0 bridgehead atoms. The molecule has 1 aromatic carbocycles. The van der Waals surface area contributed by atoms with E-state index in [9.17, 15) is 4.39 Å². The Morgan fingerprint density at radius 2 is 2.06 bits per heavy atom. The van der Waals surface area contributed by atoms with Crippen LogP contribution >= 0.6 is 0 Å². The Labute approximate surface area is 110 Å². The average molecular weight is 253 g/mol. The molecule has 0 saturated carbocycles. The lowest BCUT2D eigenvalue weighted by molar-refractivity contribution is 0.378. The number of hydrogen-bond acceptors (Lipinski definition) is 2. The molecule has 0 radical (unpaired) electrons. The van der Waals surface area contributed by atoms with Crippen molar-refractivity contribution in [3.63, 3.8) is 0 Å². The second kappa shape index (κ2) is 7.37. The molecular weight excluding hydrogens is 229 g/mol. The van der Waals surface area contributed by atoms with Crippen LogP contribution in [0.5, 0.6) is 5.75 Å². The molecule has 0 spiro atoms. The van der Waals surface area contributed by atoms with Gasteiger partial charge < -0.3 is 10.1 Å². The Bertz CT molecular complexity index is 368. The maximum absolute atomic E-state index is 14.0. The minimum Gasteiger partial charge on any atom is -0.496 e. The Kier molecular flexibility index (Phi) is 6.13. The van der Waals surface area contributed by atoms with E-state index in [1.54, 1.807) is 13.2 Å². The maximum atomic E-state index is 14.0. The van der Waals surface area contributed by atoms with Crippen molar-refractivity contribution in [3.8, 4) is 5.75 Å². The summed E-state index contributed by atoms with van der Waals surface area (Å²) in [5, 5.41) is 3.47. The van der Waals surface area contributed by atoms with E-state index in [1.165, 1.54) is 6.07 Å². The van der Waals surface area contributed by atoms with E-state index in [-0.39, 0.29) is 17.8 Å². The van der Waals surface area contributed by atoms with Gasteiger partial charge in [0.2, 0.25) is 0 Å². The lowest BCUT2D eigenvalue weighted by atomic mass is 9.90. The molecule has 102 valence electrons. The summed E-state index contributed by atoms with van der Waals surface area (Å²) in [6.45, 7) is 7.27. The van der Waals surface area contributed by atoms with Gasteiger partial charge in [0.15, 0.2) is 0 Å². The molecular formula is C15H24FNO. The summed E-state index contributed by atoms with van der Waals surface area (Å²) >= 11 is 0. The van der Waals surface area contributed by atoms with Crippen LogP contribution in [0.3, 0.4) is 0 Å². The predicted molar refractivity (Wildman–Crippen MR) is 73.7 cm³/mol. The molecule has 0 aliphatic carbocycles. The van der Waals surface area contributed by atoms with E-state index >= 15 is 0 Å². The van der Waals surface area contributed by atoms with E-state index in [1.807, 2.05) is 6.07 Å². The van der Waals surface area contributed by atoms with Gasteiger partial charge in [-0.05, 0) is 31.5 Å². The highest BCUT2D eigenvalue weighted by atomic mass is 19.1. The topological polar surface area (TPSA) is 21.3 Å². The highest BCUT2D eigenvalue weighted by Gasteiger charge is 2.23. The summed E-state index contributed by atoms with van der Waals surface area (Å²) in [7, 11) is 1.59. The molecule has 0 aliphatic heterocycles. The van der Waals surface area contributed by atoms with Crippen LogP contribution in [0.25, 0.3) is 0 Å². The van der Waals surface area contributed by atoms with Gasteiger partial charge in [-0.3, -0.25) is 0 Å². The standard InChI is InChI=1S/C15H24FNO/c1-5-10-17-13(6-2)11(3)15-12(16)8-7-9-14(15)18-4/h7-9,11,13,17H,5-6,10H2,1-4H3. The normalized spacial score (nSPS) is 14.3. The van der Waals surface area contributed by atoms with Crippen molar-refractivity contribution in [1.29, 1.82) is 0 Å². The number of hydrogen-bond donors (Lipinski definition) is 1. The maximum Gasteiger partial charge on any atom is 0.130 e. The second-order valence-corrected chi connectivity index (χ2v) is 4.61. The van der Waals surface area contributed by atoms with Crippen molar-refractivity contribution in [1.82, 2.24) is 5.32 Å². The molecule has 0 aromatic heterocycles. The zero-order chi connectivity index (χ0) is 13.5. The van der Waals surface area contributed by atoms with Crippen LogP contribution < -0.4 is 10.1 Å². The highest BCUT2D eigenvalue weighted by molar-refractivity contribution is 5.38. The van der Waals surface area contributed by atoms with Crippen LogP contribution in [0.15, 0.2) is 18.2 Å². The van der Waals surface area contributed by atoms with E-state index in [2.05, 4.69) is 26.1 Å². The molecule has 0 saturated heterocycles. The van der Waals surface area contributed by atoms with Gasteiger partial charge in [-0.25, -0.2) is 4.39 Å². The molecule has 2 atom stereocenters. The molecule has 0 aliphatic rings. The highest BCUT2D eigenvalue weighted by Crippen LogP contribution is 2.32. The van der Waals surface area contributed by atoms with Crippen molar-refractivity contribution in [2.24, 2.45) is 0 Å². The Hall–Kier alpha value is -1.09. The first-order chi connectivity index (χ1) is 8.65. The molecule has 2 nitrogen and oxygen atoms in total. The Morgan fingerprint density at radius 3 is 2.61 bits per heavy atom. The smallest absolute Gasteiger partial charge is 0.130 e. The molecule has 0 fully saturated rings. The number of benzene rings is 1. The van der Waals surface area contributed by atoms with Gasteiger partial charge in [-0.1, -0.05) is 26.8 Å². The number of rotatable bonds is 7. The summed E-state index contributed by atoms with van der Waals surface area (Å²) in [5.41, 5.74) is 0.676. The molecule has 0 heterocycles. The van der Waals surface area contributed by atoms with Crippen molar-refractivity contribution in [3.05, 3.63) is 29.6 Å². The first-order valence-electron chi connectivity index (χ1n) is 6.71. The largest absolute Gasteiger partial charge is 0.496 e. The number of halogens is 1. The summed E-state index contributed by atoms with van der Waals surface area (Å²) < 4.78 is 19.3. The predicted octanol–water partition coefficient (Wildman–Crippen LogP) is 3.72. The first kappa shape index (κ1) is 15.0. The summed E-state index contributed by atoms with van der Waals surface area (Å²) in [4.78, 5) is 0. The van der Waals surface area contributed by atoms with Crippen LogP contribution in [0.4, 0.5) is 4.39 Å². The van der Waals surface area contributed by atoms with Gasteiger partial charge in [0.25, 0.3) is 0 Å². The van der Waals surface area contributed by atoms with Crippen molar-refractivity contribution >= 4 is 0 Å². The van der Waals surface area contributed by atoms with Crippen LogP contribution in [-0.2, 0) is 0 Å². The van der Waals surface area contributed by atoms with E-state index < -0.39 is 0 Å². The molecule has 3 heteroatoms. The molecule has 1 aromatic rings. The monoisotopic (exact) mass is 253 g/mol. The third-order valence-electron chi connectivity index (χ3n) is 3.39. The van der Waals surface area contributed by atoms with Gasteiger partial charge in [0.1, 0.15) is 11.6 Å². The lowest BCUT2D eigenvalue weighted by Crippen LogP contribution is -2.34. The van der Waals surface area contributed by atoms with Crippen LogP contribution in [0.1, 0.15) is 45.1 Å². The number of methoxy groups -OCH3 is 1.